The van der Waals surface area contributed by atoms with E-state index >= 15 is 0 Å². The molecule has 3 unspecified atom stereocenters. The Morgan fingerprint density at radius 3 is 2.62 bits per heavy atom. The van der Waals surface area contributed by atoms with E-state index in [2.05, 4.69) is 69.9 Å². The van der Waals surface area contributed by atoms with Gasteiger partial charge in [-0.25, -0.2) is 0 Å². The van der Waals surface area contributed by atoms with Crippen molar-refractivity contribution in [3.8, 4) is 11.5 Å². The Labute approximate surface area is 299 Å². The van der Waals surface area contributed by atoms with Crippen LogP contribution in [0.25, 0.3) is 10.9 Å². The van der Waals surface area contributed by atoms with Gasteiger partial charge < -0.3 is 15.2 Å². The zero-order valence-electron chi connectivity index (χ0n) is 28.9. The van der Waals surface area contributed by atoms with E-state index in [0.717, 1.165) is 104 Å². The highest BCUT2D eigenvalue weighted by atomic mass is 35.5. The zero-order valence-corrected chi connectivity index (χ0v) is 29.7. The lowest BCUT2D eigenvalue weighted by Crippen LogP contribution is -2.37. The number of aryl methyl sites for hydroxylation is 1. The first kappa shape index (κ1) is 32.8. The Morgan fingerprint density at radius 1 is 0.940 bits per heavy atom. The summed E-state index contributed by atoms with van der Waals surface area (Å²) in [7, 11) is 3.41. The van der Waals surface area contributed by atoms with E-state index in [4.69, 9.17) is 31.8 Å². The molecule has 3 heterocycles. The number of allylic oxidation sites excluding steroid dienone is 2. The van der Waals surface area contributed by atoms with Gasteiger partial charge in [-0.3, -0.25) is 14.6 Å². The first-order valence-corrected chi connectivity index (χ1v) is 18.3. The maximum Gasteiger partial charge on any atom is 0.161 e. The van der Waals surface area contributed by atoms with Crippen molar-refractivity contribution in [3.05, 3.63) is 117 Å². The molecule has 0 fully saturated rings. The Hall–Kier alpha value is -4.40. The summed E-state index contributed by atoms with van der Waals surface area (Å²) in [6.45, 7) is 2.75. The summed E-state index contributed by atoms with van der Waals surface area (Å²) in [6, 6.07) is 21.1. The summed E-state index contributed by atoms with van der Waals surface area (Å²) >= 11 is 6.26. The number of fused-ring (bicyclic) bond motifs is 6. The number of ether oxygens (including phenoxy) is 2. The van der Waals surface area contributed by atoms with E-state index in [1.54, 1.807) is 19.8 Å². The molecule has 258 valence electrons. The van der Waals surface area contributed by atoms with Crippen molar-refractivity contribution in [1.82, 2.24) is 24.9 Å². The van der Waals surface area contributed by atoms with Crippen LogP contribution in [0.2, 0.25) is 5.02 Å². The van der Waals surface area contributed by atoms with Gasteiger partial charge in [0.1, 0.15) is 0 Å². The number of methoxy groups -OCH3 is 2. The molecule has 2 N–H and O–H groups in total. The summed E-state index contributed by atoms with van der Waals surface area (Å²) in [6.07, 6.45) is 13.0. The number of hydrogen-bond acceptors (Lipinski definition) is 7. The van der Waals surface area contributed by atoms with Crippen LogP contribution in [0.4, 0.5) is 5.69 Å². The number of rotatable bonds is 11. The smallest absolute Gasteiger partial charge is 0.161 e. The number of nitrogens with zero attached hydrogens (tertiary/aromatic N) is 5. The maximum absolute atomic E-state index is 6.77. The number of hydrogen-bond donors (Lipinski definition) is 1. The van der Waals surface area contributed by atoms with Crippen molar-refractivity contribution in [2.75, 3.05) is 33.0 Å². The van der Waals surface area contributed by atoms with Gasteiger partial charge in [0.15, 0.2) is 11.5 Å². The quantitative estimate of drug-likeness (QED) is 0.111. The van der Waals surface area contributed by atoms with Crippen LogP contribution in [-0.2, 0) is 25.8 Å². The van der Waals surface area contributed by atoms with Crippen molar-refractivity contribution in [2.24, 2.45) is 5.92 Å². The second-order valence-electron chi connectivity index (χ2n) is 14.2. The van der Waals surface area contributed by atoms with Crippen molar-refractivity contribution in [1.29, 1.82) is 0 Å². The van der Waals surface area contributed by atoms with Crippen LogP contribution in [0.1, 0.15) is 77.7 Å². The molecule has 1 aliphatic heterocycles. The Kier molecular flexibility index (Phi) is 9.23. The molecule has 5 aromatic rings. The van der Waals surface area contributed by atoms with E-state index in [1.807, 2.05) is 22.9 Å². The molecule has 3 aromatic carbocycles. The number of anilines is 1. The molecule has 2 aliphatic carbocycles. The van der Waals surface area contributed by atoms with Crippen LogP contribution in [0.5, 0.6) is 11.5 Å². The third kappa shape index (κ3) is 6.47. The highest BCUT2D eigenvalue weighted by molar-refractivity contribution is 6.31. The van der Waals surface area contributed by atoms with Gasteiger partial charge >= 0.3 is 0 Å². The van der Waals surface area contributed by atoms with Crippen LogP contribution in [-0.4, -0.2) is 52.2 Å². The molecule has 8 rings (SSSR count). The van der Waals surface area contributed by atoms with Gasteiger partial charge in [0, 0.05) is 59.6 Å². The van der Waals surface area contributed by atoms with Gasteiger partial charge in [-0.2, -0.15) is 0 Å². The minimum Gasteiger partial charge on any atom is -0.493 e. The van der Waals surface area contributed by atoms with Gasteiger partial charge in [0.05, 0.1) is 31.5 Å². The lowest BCUT2D eigenvalue weighted by atomic mass is 9.70. The van der Waals surface area contributed by atoms with Crippen LogP contribution >= 0.6 is 11.6 Å². The predicted molar refractivity (Wildman–Crippen MR) is 199 cm³/mol. The van der Waals surface area contributed by atoms with Gasteiger partial charge in [-0.15, -0.1) is 5.10 Å². The highest BCUT2D eigenvalue weighted by Gasteiger charge is 2.34. The van der Waals surface area contributed by atoms with Crippen molar-refractivity contribution >= 4 is 28.2 Å². The normalized spacial score (nSPS) is 19.9. The van der Waals surface area contributed by atoms with Gasteiger partial charge in [-0.1, -0.05) is 58.8 Å². The SMILES string of the molecule is COc1cc2c(cc1OC)C(c1ccccc1)N(CCc1cn(CCCCC3=CC4Cc5nc6cc(Cl)ccc6c(N)c5C(C3)C4)nn1)CC2. The fourth-order valence-corrected chi connectivity index (χ4v) is 8.85. The largest absolute Gasteiger partial charge is 0.493 e. The molecule has 3 atom stereocenters. The van der Waals surface area contributed by atoms with Gasteiger partial charge in [0.25, 0.3) is 0 Å². The molecule has 9 heteroatoms. The lowest BCUT2D eigenvalue weighted by Gasteiger charge is -2.38. The maximum atomic E-state index is 6.77. The van der Waals surface area contributed by atoms with Crippen LogP contribution in [0, 0.1) is 5.92 Å². The first-order chi connectivity index (χ1) is 24.5. The molecule has 0 spiro atoms. The second-order valence-corrected chi connectivity index (χ2v) is 14.6. The van der Waals surface area contributed by atoms with E-state index in [-0.39, 0.29) is 6.04 Å². The average molecular weight is 689 g/mol. The van der Waals surface area contributed by atoms with Crippen LogP contribution < -0.4 is 15.2 Å². The second kappa shape index (κ2) is 14.1. The topological polar surface area (TPSA) is 91.3 Å². The Morgan fingerprint density at radius 2 is 1.78 bits per heavy atom. The minimum absolute atomic E-state index is 0.142. The first-order valence-electron chi connectivity index (χ1n) is 18.0. The summed E-state index contributed by atoms with van der Waals surface area (Å²) in [5.74, 6) is 2.55. The van der Waals surface area contributed by atoms with Crippen molar-refractivity contribution in [3.63, 3.8) is 0 Å². The number of nitrogen functional groups attached to an aromatic ring is 1. The van der Waals surface area contributed by atoms with E-state index < -0.39 is 0 Å². The summed E-state index contributed by atoms with van der Waals surface area (Å²) < 4.78 is 13.3. The number of unbranched alkanes of at least 4 members (excludes halogenated alkanes) is 1. The highest BCUT2D eigenvalue weighted by Crippen LogP contribution is 2.47. The fraction of sp³-hybridized carbons (Fsp3) is 0.390. The molecule has 3 aliphatic rings. The molecular weight excluding hydrogens is 644 g/mol. The average Bonchev–Trinajstić information content (AvgIpc) is 3.59. The van der Waals surface area contributed by atoms with E-state index in [0.29, 0.717) is 16.9 Å². The standard InChI is InChI=1S/C41H45ClN6O2/c1-49-37-22-29-13-16-47(41(28-9-4-3-5-10-28)34(29)24-38(37)50-2)17-14-32-25-48(46-45-32)15-7-6-8-26-18-27-20-30(19-26)39-36(21-27)44-35-23-31(42)11-12-33(35)40(39)43/h3-5,9-12,18,22-25,27,30,41H,6-8,13-17,19-21H2,1-2H3,(H2,43,44). The molecule has 0 radical (unpaired) electrons. The van der Waals surface area contributed by atoms with Gasteiger partial charge in [0.2, 0.25) is 0 Å². The number of aromatic nitrogens is 4. The molecule has 0 saturated heterocycles. The Bertz CT molecular complexity index is 2040. The summed E-state index contributed by atoms with van der Waals surface area (Å²) in [5.41, 5.74) is 17.5. The van der Waals surface area contributed by atoms with Crippen molar-refractivity contribution < 1.29 is 9.47 Å². The number of nitrogens with two attached hydrogens (primary N) is 1. The molecule has 50 heavy (non-hydrogen) atoms. The third-order valence-corrected chi connectivity index (χ3v) is 11.2. The lowest BCUT2D eigenvalue weighted by molar-refractivity contribution is 0.214. The van der Waals surface area contributed by atoms with Crippen LogP contribution in [0.15, 0.2) is 78.5 Å². The minimum atomic E-state index is 0.142. The fourth-order valence-electron chi connectivity index (χ4n) is 8.68. The number of pyridine rings is 1. The number of halogens is 1. The summed E-state index contributed by atoms with van der Waals surface area (Å²) in [4.78, 5) is 7.58. The molecular formula is C41H45ClN6O2. The molecule has 0 saturated carbocycles. The Balaban J connectivity index is 0.869. The van der Waals surface area contributed by atoms with Crippen LogP contribution in [0.3, 0.4) is 0 Å². The summed E-state index contributed by atoms with van der Waals surface area (Å²) in [5, 5.41) is 10.8. The monoisotopic (exact) mass is 688 g/mol. The molecule has 2 aromatic heterocycles. The number of benzene rings is 3. The van der Waals surface area contributed by atoms with Gasteiger partial charge in [-0.05, 0) is 104 Å². The molecule has 0 amide bonds. The predicted octanol–water partition coefficient (Wildman–Crippen LogP) is 8.12. The van der Waals surface area contributed by atoms with Crippen molar-refractivity contribution in [2.45, 2.75) is 69.9 Å². The molecule has 2 bridgehead atoms. The van der Waals surface area contributed by atoms with E-state index in [1.165, 1.54) is 28.7 Å². The zero-order chi connectivity index (χ0) is 34.2. The molecule has 8 nitrogen and oxygen atoms in total. The third-order valence-electron chi connectivity index (χ3n) is 11.0. The van der Waals surface area contributed by atoms with E-state index in [9.17, 15) is 0 Å².